The summed E-state index contributed by atoms with van der Waals surface area (Å²) in [7, 11) is -3.28. The number of hydrogen-bond donors (Lipinski definition) is 1. The van der Waals surface area contributed by atoms with E-state index in [0.717, 1.165) is 23.7 Å². The molecule has 0 spiro atoms. The van der Waals surface area contributed by atoms with Gasteiger partial charge in [-0.15, -0.1) is 11.3 Å². The second-order valence-electron chi connectivity index (χ2n) is 7.94. The molecular weight excluding hydrogens is 505 g/mol. The number of hydrogen-bond acceptors (Lipinski definition) is 6. The molecule has 12 heteroatoms. The van der Waals surface area contributed by atoms with Gasteiger partial charge in [0, 0.05) is 17.9 Å². The van der Waals surface area contributed by atoms with Gasteiger partial charge < -0.3 is 9.84 Å². The molecular formula is C23H19F3N2O5S2. The van der Waals surface area contributed by atoms with Crippen molar-refractivity contribution in [3.63, 3.8) is 0 Å². The van der Waals surface area contributed by atoms with Crippen LogP contribution in [0.1, 0.15) is 39.4 Å². The van der Waals surface area contributed by atoms with Gasteiger partial charge in [0.05, 0.1) is 22.3 Å². The number of carbonyl (C=O) groups is 1. The quantitative estimate of drug-likeness (QED) is 0.343. The van der Waals surface area contributed by atoms with Gasteiger partial charge in [-0.3, -0.25) is 4.57 Å². The van der Waals surface area contributed by atoms with Gasteiger partial charge in [0.2, 0.25) is 0 Å². The van der Waals surface area contributed by atoms with E-state index in [9.17, 15) is 31.5 Å². The number of aromatic carboxylic acids is 1. The maximum absolute atomic E-state index is 13.4. The Balaban J connectivity index is 1.73. The molecule has 35 heavy (non-hydrogen) atoms. The Morgan fingerprint density at radius 3 is 2.57 bits per heavy atom. The van der Waals surface area contributed by atoms with Crippen LogP contribution in [0.2, 0.25) is 0 Å². The number of nitrogens with zero attached hydrogens (tertiary/aromatic N) is 2. The van der Waals surface area contributed by atoms with Crippen molar-refractivity contribution in [2.75, 3.05) is 6.26 Å². The summed E-state index contributed by atoms with van der Waals surface area (Å²) in [6.45, 7) is 1.41. The number of carboxylic acid groups (broad SMARTS) is 1. The average Bonchev–Trinajstić information content (AvgIpc) is 3.35. The van der Waals surface area contributed by atoms with Crippen LogP contribution in [0, 0.1) is 0 Å². The summed E-state index contributed by atoms with van der Waals surface area (Å²) in [6, 6.07) is 11.3. The van der Waals surface area contributed by atoms with Gasteiger partial charge in [-0.1, -0.05) is 24.3 Å². The predicted octanol–water partition coefficient (Wildman–Crippen LogP) is 5.49. The molecule has 0 radical (unpaired) electrons. The van der Waals surface area contributed by atoms with Crippen molar-refractivity contribution >= 4 is 38.2 Å². The topological polar surface area (TPSA) is 98.5 Å². The number of alkyl halides is 3. The molecule has 0 unspecified atom stereocenters. The number of rotatable bonds is 7. The van der Waals surface area contributed by atoms with E-state index < -0.39 is 33.7 Å². The van der Waals surface area contributed by atoms with Gasteiger partial charge in [0.15, 0.2) is 14.7 Å². The van der Waals surface area contributed by atoms with Crippen molar-refractivity contribution in [2.24, 2.45) is 0 Å². The fraction of sp³-hybridized carbons (Fsp3) is 0.217. The number of ether oxygens (including phenoxy) is 1. The second kappa shape index (κ2) is 9.00. The molecule has 1 atom stereocenters. The zero-order valence-corrected chi connectivity index (χ0v) is 20.0. The number of aromatic nitrogens is 2. The van der Waals surface area contributed by atoms with Crippen molar-refractivity contribution in [3.8, 4) is 10.8 Å². The van der Waals surface area contributed by atoms with E-state index in [0.29, 0.717) is 21.6 Å². The highest BCUT2D eigenvalue weighted by Gasteiger charge is 2.35. The summed E-state index contributed by atoms with van der Waals surface area (Å²) in [6.07, 6.45) is -3.11. The van der Waals surface area contributed by atoms with Gasteiger partial charge in [-0.05, 0) is 30.7 Å². The van der Waals surface area contributed by atoms with Gasteiger partial charge in [-0.25, -0.2) is 18.2 Å². The Morgan fingerprint density at radius 1 is 1.20 bits per heavy atom. The molecule has 4 aromatic rings. The highest BCUT2D eigenvalue weighted by Crippen LogP contribution is 2.39. The van der Waals surface area contributed by atoms with E-state index in [1.807, 2.05) is 0 Å². The lowest BCUT2D eigenvalue weighted by Crippen LogP contribution is -2.14. The van der Waals surface area contributed by atoms with E-state index in [1.165, 1.54) is 37.5 Å². The van der Waals surface area contributed by atoms with Crippen molar-refractivity contribution in [1.29, 1.82) is 0 Å². The molecule has 0 bridgehead atoms. The number of halogens is 3. The Hall–Kier alpha value is -3.38. The molecule has 0 aliphatic carbocycles. The van der Waals surface area contributed by atoms with Crippen LogP contribution in [0.15, 0.2) is 54.9 Å². The molecule has 2 heterocycles. The minimum Gasteiger partial charge on any atom is -0.484 e. The zero-order valence-electron chi connectivity index (χ0n) is 18.4. The normalized spacial score (nSPS) is 13.2. The lowest BCUT2D eigenvalue weighted by atomic mass is 10.0. The molecule has 0 aliphatic rings. The van der Waals surface area contributed by atoms with Crippen molar-refractivity contribution in [1.82, 2.24) is 9.55 Å². The third-order valence-corrected chi connectivity index (χ3v) is 7.13. The summed E-state index contributed by atoms with van der Waals surface area (Å²) in [5.74, 6) is -1.56. The first-order chi connectivity index (χ1) is 16.3. The maximum atomic E-state index is 13.4. The number of sulfone groups is 1. The smallest absolute Gasteiger partial charge is 0.416 e. The third kappa shape index (κ3) is 5.33. The van der Waals surface area contributed by atoms with Crippen LogP contribution in [0.5, 0.6) is 5.75 Å². The van der Waals surface area contributed by atoms with Crippen LogP contribution in [0.3, 0.4) is 0 Å². The number of imidazole rings is 1. The van der Waals surface area contributed by atoms with Crippen LogP contribution in [0.4, 0.5) is 13.2 Å². The van der Waals surface area contributed by atoms with E-state index >= 15 is 0 Å². The van der Waals surface area contributed by atoms with Crippen LogP contribution in [0.25, 0.3) is 16.0 Å². The summed E-state index contributed by atoms with van der Waals surface area (Å²) >= 11 is 0.864. The first-order valence-electron chi connectivity index (χ1n) is 10.2. The summed E-state index contributed by atoms with van der Waals surface area (Å²) in [5.41, 5.74) is 0.654. The number of thiophene rings is 1. The molecule has 0 saturated heterocycles. The molecule has 184 valence electrons. The Bertz CT molecular complexity index is 1520. The zero-order chi connectivity index (χ0) is 25.5. The average molecular weight is 525 g/mol. The highest BCUT2D eigenvalue weighted by atomic mass is 32.2. The minimum absolute atomic E-state index is 0.0869. The molecule has 1 N–H and O–H groups in total. The van der Waals surface area contributed by atoms with Crippen LogP contribution in [-0.2, 0) is 21.8 Å². The number of fused-ring (bicyclic) bond motifs is 1. The van der Waals surface area contributed by atoms with Crippen molar-refractivity contribution < 1.29 is 36.2 Å². The fourth-order valence-electron chi connectivity index (χ4n) is 3.70. The van der Waals surface area contributed by atoms with E-state index in [4.69, 9.17) is 4.74 Å². The molecule has 0 amide bonds. The first-order valence-corrected chi connectivity index (χ1v) is 13.0. The van der Waals surface area contributed by atoms with E-state index in [1.54, 1.807) is 22.8 Å². The van der Waals surface area contributed by atoms with Crippen molar-refractivity contribution in [2.45, 2.75) is 25.0 Å². The monoisotopic (exact) mass is 524 g/mol. The largest absolute Gasteiger partial charge is 0.484 e. The first kappa shape index (κ1) is 24.7. The fourth-order valence-corrected chi connectivity index (χ4v) is 5.40. The standard InChI is InChI=1S/C23H19F3N2O5S2/c1-13(15-5-3-4-6-16(15)23(24,25)26)33-19-10-20(34-21(19)22(29)30)28-12-27-17-8-7-14(9-18(17)28)11-35(2,31)32/h3-10,12-13H,11H2,1-2H3,(H,29,30)/t13-/m1/s1. The molecule has 0 saturated carbocycles. The minimum atomic E-state index is -4.59. The molecule has 2 aromatic carbocycles. The van der Waals surface area contributed by atoms with Crippen molar-refractivity contribution in [3.05, 3.63) is 76.4 Å². The Labute approximate surface area is 202 Å². The number of carboxylic acids is 1. The molecule has 2 aromatic heterocycles. The van der Waals surface area contributed by atoms with Gasteiger partial charge in [-0.2, -0.15) is 13.2 Å². The van der Waals surface area contributed by atoms with E-state index in [-0.39, 0.29) is 21.9 Å². The molecule has 0 aliphatic heterocycles. The van der Waals surface area contributed by atoms with E-state index in [2.05, 4.69) is 4.98 Å². The lowest BCUT2D eigenvalue weighted by molar-refractivity contribution is -0.139. The number of benzene rings is 2. The summed E-state index contributed by atoms with van der Waals surface area (Å²) < 4.78 is 71.0. The van der Waals surface area contributed by atoms with Crippen LogP contribution >= 0.6 is 11.3 Å². The molecule has 7 nitrogen and oxygen atoms in total. The molecule has 4 rings (SSSR count). The Morgan fingerprint density at radius 2 is 1.91 bits per heavy atom. The lowest BCUT2D eigenvalue weighted by Gasteiger charge is -2.19. The second-order valence-corrected chi connectivity index (χ2v) is 11.1. The van der Waals surface area contributed by atoms with Crippen LogP contribution in [-0.4, -0.2) is 35.3 Å². The predicted molar refractivity (Wildman–Crippen MR) is 125 cm³/mol. The third-order valence-electron chi connectivity index (χ3n) is 5.17. The van der Waals surface area contributed by atoms with Crippen LogP contribution < -0.4 is 4.74 Å². The highest BCUT2D eigenvalue weighted by molar-refractivity contribution is 7.89. The van der Waals surface area contributed by atoms with Gasteiger partial charge >= 0.3 is 12.1 Å². The molecule has 0 fully saturated rings. The SMILES string of the molecule is C[C@@H](Oc1cc(-n2cnc3ccc(CS(C)(=O)=O)cc32)sc1C(=O)O)c1ccccc1C(F)(F)F. The summed E-state index contributed by atoms with van der Waals surface area (Å²) in [5, 5.41) is 10.1. The maximum Gasteiger partial charge on any atom is 0.416 e. The Kier molecular flexibility index (Phi) is 6.36. The summed E-state index contributed by atoms with van der Waals surface area (Å²) in [4.78, 5) is 16.0. The van der Waals surface area contributed by atoms with Gasteiger partial charge in [0.1, 0.15) is 23.2 Å². The van der Waals surface area contributed by atoms with Gasteiger partial charge in [0.25, 0.3) is 0 Å².